The van der Waals surface area contributed by atoms with Crippen molar-refractivity contribution in [1.82, 2.24) is 0 Å². The predicted octanol–water partition coefficient (Wildman–Crippen LogP) is 1.19. The van der Waals surface area contributed by atoms with Gasteiger partial charge in [0.1, 0.15) is 0 Å². The van der Waals surface area contributed by atoms with Crippen molar-refractivity contribution in [3.8, 4) is 0 Å². The number of carbonyl (C=O) groups is 2. The molecule has 3 nitrogen and oxygen atoms in total. The van der Waals surface area contributed by atoms with Gasteiger partial charge in [0.25, 0.3) is 0 Å². The van der Waals surface area contributed by atoms with E-state index in [2.05, 4.69) is 12.6 Å². The standard InChI is InChI=1S/C9H12O3S/c10-8(11)6-4-1-2-5(3-4)7(6)9(12)13/h4-7H,1-3H2,(H,10,11)(H,12,13)/t4-,5-,6-,7-/m0/s1. The molecule has 0 aromatic carbocycles. The number of aliphatic carboxylic acids is 1. The van der Waals surface area contributed by atoms with Crippen LogP contribution < -0.4 is 0 Å². The van der Waals surface area contributed by atoms with Gasteiger partial charge in [-0.3, -0.25) is 9.59 Å². The molecule has 0 unspecified atom stereocenters. The van der Waals surface area contributed by atoms with Gasteiger partial charge in [-0.15, -0.1) is 12.6 Å². The molecule has 0 spiro atoms. The summed E-state index contributed by atoms with van der Waals surface area (Å²) < 4.78 is 0. The lowest BCUT2D eigenvalue weighted by molar-refractivity contribution is -0.147. The quantitative estimate of drug-likeness (QED) is 0.658. The molecule has 2 aliphatic carbocycles. The third-order valence-corrected chi connectivity index (χ3v) is 3.78. The van der Waals surface area contributed by atoms with Crippen LogP contribution in [0.4, 0.5) is 0 Å². The lowest BCUT2D eigenvalue weighted by Crippen LogP contribution is -2.32. The highest BCUT2D eigenvalue weighted by Crippen LogP contribution is 2.52. The molecule has 2 rings (SSSR count). The van der Waals surface area contributed by atoms with Crippen LogP contribution in [0, 0.1) is 23.7 Å². The predicted molar refractivity (Wildman–Crippen MR) is 49.4 cm³/mol. The van der Waals surface area contributed by atoms with E-state index in [1.54, 1.807) is 0 Å². The summed E-state index contributed by atoms with van der Waals surface area (Å²) in [5, 5.41) is 8.73. The van der Waals surface area contributed by atoms with Gasteiger partial charge < -0.3 is 5.11 Å². The lowest BCUT2D eigenvalue weighted by Gasteiger charge is -2.24. The molecule has 0 heterocycles. The average Bonchev–Trinajstić information content (AvgIpc) is 2.60. The zero-order valence-electron chi connectivity index (χ0n) is 7.14. The molecule has 0 amide bonds. The summed E-state index contributed by atoms with van der Waals surface area (Å²) >= 11 is 3.78. The molecule has 4 heteroatoms. The largest absolute Gasteiger partial charge is 0.481 e. The Hall–Kier alpha value is -0.510. The summed E-state index contributed by atoms with van der Waals surface area (Å²) in [5.74, 6) is -1.08. The molecular formula is C9H12O3S. The first-order valence-electron chi connectivity index (χ1n) is 4.57. The van der Waals surface area contributed by atoms with Crippen molar-refractivity contribution in [1.29, 1.82) is 0 Å². The van der Waals surface area contributed by atoms with Crippen LogP contribution in [0.2, 0.25) is 0 Å². The van der Waals surface area contributed by atoms with Crippen molar-refractivity contribution in [2.45, 2.75) is 19.3 Å². The Labute approximate surface area is 81.9 Å². The van der Waals surface area contributed by atoms with E-state index in [4.69, 9.17) is 5.11 Å². The Morgan fingerprint density at radius 2 is 1.69 bits per heavy atom. The number of thiol groups is 1. The van der Waals surface area contributed by atoms with Gasteiger partial charge in [-0.05, 0) is 31.1 Å². The van der Waals surface area contributed by atoms with Gasteiger partial charge in [-0.1, -0.05) is 0 Å². The summed E-state index contributed by atoms with van der Waals surface area (Å²) in [4.78, 5) is 22.1. The maximum Gasteiger partial charge on any atom is 0.307 e. The fraction of sp³-hybridized carbons (Fsp3) is 0.778. The Morgan fingerprint density at radius 3 is 2.08 bits per heavy atom. The van der Waals surface area contributed by atoms with E-state index in [9.17, 15) is 9.59 Å². The second-order valence-electron chi connectivity index (χ2n) is 4.06. The van der Waals surface area contributed by atoms with Gasteiger partial charge in [-0.25, -0.2) is 0 Å². The van der Waals surface area contributed by atoms with E-state index in [1.807, 2.05) is 0 Å². The molecule has 2 bridgehead atoms. The first kappa shape index (κ1) is 9.06. The SMILES string of the molecule is O=C(O)[C@H]1[C@H]2CC[C@@H](C2)[C@@H]1C(=O)S. The van der Waals surface area contributed by atoms with E-state index in [-0.39, 0.29) is 22.9 Å². The highest BCUT2D eigenvalue weighted by Gasteiger charge is 2.53. The third kappa shape index (κ3) is 1.27. The molecule has 0 aliphatic heterocycles. The minimum absolute atomic E-state index is 0.226. The molecule has 4 atom stereocenters. The Morgan fingerprint density at radius 1 is 1.15 bits per heavy atom. The van der Waals surface area contributed by atoms with Crippen LogP contribution in [0.3, 0.4) is 0 Å². The molecular weight excluding hydrogens is 188 g/mol. The fourth-order valence-electron chi connectivity index (χ4n) is 3.00. The number of fused-ring (bicyclic) bond motifs is 2. The van der Waals surface area contributed by atoms with E-state index >= 15 is 0 Å². The van der Waals surface area contributed by atoms with Gasteiger partial charge in [0.15, 0.2) is 5.12 Å². The first-order valence-corrected chi connectivity index (χ1v) is 5.01. The Balaban J connectivity index is 2.24. The maximum atomic E-state index is 11.2. The van der Waals surface area contributed by atoms with Gasteiger partial charge >= 0.3 is 5.97 Å². The molecule has 2 aliphatic rings. The number of hydrogen-bond acceptors (Lipinski definition) is 2. The number of carboxylic acids is 1. The summed E-state index contributed by atoms with van der Waals surface area (Å²) in [5.41, 5.74) is 0. The van der Waals surface area contributed by atoms with E-state index < -0.39 is 11.9 Å². The van der Waals surface area contributed by atoms with Crippen LogP contribution in [0.15, 0.2) is 0 Å². The molecule has 1 N–H and O–H groups in total. The van der Waals surface area contributed by atoms with Crippen molar-refractivity contribution in [2.75, 3.05) is 0 Å². The molecule has 0 aromatic heterocycles. The highest BCUT2D eigenvalue weighted by molar-refractivity contribution is 7.96. The number of carbonyl (C=O) groups excluding carboxylic acids is 1. The minimum atomic E-state index is -0.820. The molecule has 72 valence electrons. The number of carboxylic acid groups (broad SMARTS) is 1. The first-order chi connectivity index (χ1) is 6.11. The van der Waals surface area contributed by atoms with Gasteiger partial charge in [0.05, 0.1) is 5.92 Å². The van der Waals surface area contributed by atoms with Crippen LogP contribution in [-0.4, -0.2) is 16.2 Å². The molecule has 2 fully saturated rings. The zero-order chi connectivity index (χ0) is 9.59. The van der Waals surface area contributed by atoms with Gasteiger partial charge in [-0.2, -0.15) is 0 Å². The molecule has 0 aromatic rings. The van der Waals surface area contributed by atoms with Gasteiger partial charge in [0, 0.05) is 5.92 Å². The summed E-state index contributed by atoms with van der Waals surface area (Å²) in [6.45, 7) is 0. The number of hydrogen-bond donors (Lipinski definition) is 2. The second-order valence-corrected chi connectivity index (χ2v) is 4.50. The summed E-state index contributed by atoms with van der Waals surface area (Å²) in [7, 11) is 0. The van der Waals surface area contributed by atoms with Crippen molar-refractivity contribution in [3.05, 3.63) is 0 Å². The van der Waals surface area contributed by atoms with Crippen molar-refractivity contribution in [3.63, 3.8) is 0 Å². The van der Waals surface area contributed by atoms with Gasteiger partial charge in [0.2, 0.25) is 0 Å². The molecule has 0 saturated heterocycles. The summed E-state index contributed by atoms with van der Waals surface area (Å²) in [6.07, 6.45) is 2.89. The normalized spacial score (nSPS) is 42.2. The second kappa shape index (κ2) is 3.01. The molecule has 0 radical (unpaired) electrons. The third-order valence-electron chi connectivity index (χ3n) is 3.49. The van der Waals surface area contributed by atoms with Crippen LogP contribution >= 0.6 is 12.6 Å². The maximum absolute atomic E-state index is 11.2. The lowest BCUT2D eigenvalue weighted by atomic mass is 9.80. The Bertz CT molecular complexity index is 238. The van der Waals surface area contributed by atoms with Crippen molar-refractivity contribution >= 4 is 23.7 Å². The van der Waals surface area contributed by atoms with Crippen molar-refractivity contribution in [2.24, 2.45) is 23.7 Å². The van der Waals surface area contributed by atoms with Crippen LogP contribution in [-0.2, 0) is 9.59 Å². The smallest absolute Gasteiger partial charge is 0.307 e. The average molecular weight is 200 g/mol. The molecule has 13 heavy (non-hydrogen) atoms. The zero-order valence-corrected chi connectivity index (χ0v) is 8.04. The number of rotatable bonds is 2. The van der Waals surface area contributed by atoms with E-state index in [0.717, 1.165) is 19.3 Å². The Kier molecular flexibility index (Phi) is 2.10. The summed E-state index contributed by atoms with van der Waals surface area (Å²) in [6, 6.07) is 0. The van der Waals surface area contributed by atoms with Crippen LogP contribution in [0.5, 0.6) is 0 Å². The molecule has 2 saturated carbocycles. The topological polar surface area (TPSA) is 54.4 Å². The highest BCUT2D eigenvalue weighted by atomic mass is 32.1. The fourth-order valence-corrected chi connectivity index (χ4v) is 3.37. The van der Waals surface area contributed by atoms with E-state index in [0.29, 0.717) is 0 Å². The van der Waals surface area contributed by atoms with E-state index in [1.165, 1.54) is 0 Å². The van der Waals surface area contributed by atoms with Crippen LogP contribution in [0.25, 0.3) is 0 Å². The monoisotopic (exact) mass is 200 g/mol. The van der Waals surface area contributed by atoms with Crippen LogP contribution in [0.1, 0.15) is 19.3 Å². The van der Waals surface area contributed by atoms with Crippen molar-refractivity contribution < 1.29 is 14.7 Å². The minimum Gasteiger partial charge on any atom is -0.481 e.